The van der Waals surface area contributed by atoms with Gasteiger partial charge < -0.3 is 0 Å². The van der Waals surface area contributed by atoms with Crippen molar-refractivity contribution in [1.29, 1.82) is 0 Å². The van der Waals surface area contributed by atoms with Crippen LogP contribution in [0.1, 0.15) is 22.8 Å². The van der Waals surface area contributed by atoms with Gasteiger partial charge in [0.15, 0.2) is 12.7 Å². The minimum atomic E-state index is 1.05. The predicted octanol–water partition coefficient (Wildman–Crippen LogP) is 1.32. The maximum Gasteiger partial charge on any atom is 0.160 e. The lowest BCUT2D eigenvalue weighted by molar-refractivity contribution is 0.853. The van der Waals surface area contributed by atoms with E-state index in [-0.39, 0.29) is 0 Å². The number of nitrogens with one attached hydrogen (secondary N) is 2. The molecular formula is C12H18N8. The first-order chi connectivity index (χ1) is 9.58. The monoisotopic (exact) mass is 274 g/mol. The summed E-state index contributed by atoms with van der Waals surface area (Å²) in [7, 11) is 0. The largest absolute Gasteiger partial charge is 0.283 e. The first kappa shape index (κ1) is 15.4. The third-order valence-corrected chi connectivity index (χ3v) is 2.01. The van der Waals surface area contributed by atoms with E-state index in [9.17, 15) is 0 Å². The molecule has 3 aromatic heterocycles. The second-order valence-corrected chi connectivity index (χ2v) is 4.08. The van der Waals surface area contributed by atoms with Crippen molar-refractivity contribution in [3.63, 3.8) is 0 Å². The highest BCUT2D eigenvalue weighted by atomic mass is 15.2. The summed E-state index contributed by atoms with van der Waals surface area (Å²) in [6.45, 7) is 7.90. The van der Waals surface area contributed by atoms with Gasteiger partial charge in [-0.1, -0.05) is 0 Å². The van der Waals surface area contributed by atoms with Gasteiger partial charge in [-0.05, 0) is 39.8 Å². The van der Waals surface area contributed by atoms with Crippen LogP contribution in [0, 0.1) is 27.7 Å². The predicted molar refractivity (Wildman–Crippen MR) is 73.7 cm³/mol. The summed E-state index contributed by atoms with van der Waals surface area (Å²) in [5, 5.41) is 26.9. The Balaban J connectivity index is 0.000000151. The maximum atomic E-state index is 3.89. The number of nitrogens with zero attached hydrogens (tertiary/aromatic N) is 6. The number of aromatic amines is 2. The van der Waals surface area contributed by atoms with E-state index in [1.165, 1.54) is 12.7 Å². The fraction of sp³-hybridized carbons (Fsp3) is 0.333. The van der Waals surface area contributed by atoms with Gasteiger partial charge in [0.1, 0.15) is 0 Å². The molecule has 0 unspecified atom stereocenters. The molecule has 3 aromatic rings. The molecule has 0 fully saturated rings. The lowest BCUT2D eigenvalue weighted by Gasteiger charge is -1.68. The summed E-state index contributed by atoms with van der Waals surface area (Å²) >= 11 is 0. The number of aromatic nitrogens is 8. The van der Waals surface area contributed by atoms with Crippen molar-refractivity contribution in [1.82, 2.24) is 40.8 Å². The average molecular weight is 274 g/mol. The van der Waals surface area contributed by atoms with E-state index in [4.69, 9.17) is 0 Å². The lowest BCUT2D eigenvalue weighted by atomic mass is 10.4. The first-order valence-corrected chi connectivity index (χ1v) is 5.98. The highest BCUT2D eigenvalue weighted by Gasteiger charge is 1.85. The van der Waals surface area contributed by atoms with Crippen LogP contribution < -0.4 is 0 Å². The van der Waals surface area contributed by atoms with Gasteiger partial charge in [0.25, 0.3) is 0 Å². The first-order valence-electron chi connectivity index (χ1n) is 5.98. The van der Waals surface area contributed by atoms with Crippen LogP contribution in [0.5, 0.6) is 0 Å². The summed E-state index contributed by atoms with van der Waals surface area (Å²) in [4.78, 5) is 0. The summed E-state index contributed by atoms with van der Waals surface area (Å²) in [5.41, 5.74) is 4.35. The average Bonchev–Trinajstić information content (AvgIpc) is 3.01. The molecular weight excluding hydrogens is 256 g/mol. The van der Waals surface area contributed by atoms with Crippen molar-refractivity contribution in [2.75, 3.05) is 0 Å². The Hall–Kier alpha value is -2.64. The quantitative estimate of drug-likeness (QED) is 0.640. The van der Waals surface area contributed by atoms with Gasteiger partial charge in [-0.2, -0.15) is 10.2 Å². The van der Waals surface area contributed by atoms with Crippen molar-refractivity contribution in [3.8, 4) is 0 Å². The standard InChI is InChI=1S/2C5H8N2.C2H2N4/c2*1-4-3-5(2)7-6-4;1-3-5-2-6-4-1/h2*3H,1-2H3,(H,6,7);1-2H. The molecule has 3 rings (SSSR count). The van der Waals surface area contributed by atoms with Crippen molar-refractivity contribution in [3.05, 3.63) is 47.6 Å². The Morgan fingerprint density at radius 3 is 1.10 bits per heavy atom. The Bertz CT molecular complexity index is 488. The van der Waals surface area contributed by atoms with E-state index in [1.54, 1.807) is 0 Å². The van der Waals surface area contributed by atoms with Gasteiger partial charge in [0, 0.05) is 11.4 Å². The summed E-state index contributed by atoms with van der Waals surface area (Å²) in [6, 6.07) is 4.00. The Morgan fingerprint density at radius 2 is 1.00 bits per heavy atom. The maximum absolute atomic E-state index is 3.89. The molecule has 0 aliphatic heterocycles. The van der Waals surface area contributed by atoms with Crippen LogP contribution in [-0.4, -0.2) is 40.8 Å². The van der Waals surface area contributed by atoms with Gasteiger partial charge in [0.05, 0.1) is 11.4 Å². The molecule has 8 heteroatoms. The third-order valence-electron chi connectivity index (χ3n) is 2.01. The van der Waals surface area contributed by atoms with Crippen LogP contribution in [-0.2, 0) is 0 Å². The minimum Gasteiger partial charge on any atom is -0.283 e. The Labute approximate surface area is 117 Å². The van der Waals surface area contributed by atoms with Gasteiger partial charge in [-0.15, -0.1) is 20.4 Å². The van der Waals surface area contributed by atoms with Crippen LogP contribution in [0.2, 0.25) is 0 Å². The van der Waals surface area contributed by atoms with Crippen LogP contribution in [0.3, 0.4) is 0 Å². The molecule has 0 spiro atoms. The van der Waals surface area contributed by atoms with Crippen molar-refractivity contribution < 1.29 is 0 Å². The van der Waals surface area contributed by atoms with Gasteiger partial charge in [-0.3, -0.25) is 10.2 Å². The summed E-state index contributed by atoms with van der Waals surface area (Å²) < 4.78 is 0. The number of hydrogen-bond donors (Lipinski definition) is 2. The molecule has 0 aromatic carbocycles. The molecule has 0 amide bonds. The topological polar surface area (TPSA) is 109 Å². The van der Waals surface area contributed by atoms with E-state index in [1.807, 2.05) is 39.8 Å². The molecule has 0 saturated carbocycles. The molecule has 8 nitrogen and oxygen atoms in total. The molecule has 0 atom stereocenters. The summed E-state index contributed by atoms with van der Waals surface area (Å²) in [5.74, 6) is 0. The van der Waals surface area contributed by atoms with Crippen molar-refractivity contribution in [2.45, 2.75) is 27.7 Å². The zero-order valence-electron chi connectivity index (χ0n) is 12.0. The zero-order chi connectivity index (χ0) is 14.8. The van der Waals surface area contributed by atoms with E-state index < -0.39 is 0 Å². The number of aryl methyl sites for hydroxylation is 4. The SMILES string of the molecule is Cc1cc(C)[nH]n1.Cc1cc(C)[nH]n1.c1nncnn1. The molecule has 20 heavy (non-hydrogen) atoms. The summed E-state index contributed by atoms with van der Waals surface area (Å²) in [6.07, 6.45) is 2.56. The molecule has 0 aliphatic rings. The molecule has 0 aliphatic carbocycles. The van der Waals surface area contributed by atoms with E-state index >= 15 is 0 Å². The third kappa shape index (κ3) is 6.94. The normalized spacial score (nSPS) is 9.00. The van der Waals surface area contributed by atoms with E-state index in [0.29, 0.717) is 0 Å². The van der Waals surface area contributed by atoms with Crippen LogP contribution in [0.4, 0.5) is 0 Å². The van der Waals surface area contributed by atoms with Crippen LogP contribution in [0.15, 0.2) is 24.8 Å². The van der Waals surface area contributed by atoms with Crippen molar-refractivity contribution in [2.24, 2.45) is 0 Å². The Morgan fingerprint density at radius 1 is 0.650 bits per heavy atom. The van der Waals surface area contributed by atoms with E-state index in [0.717, 1.165) is 22.8 Å². The molecule has 0 bridgehead atoms. The fourth-order valence-corrected chi connectivity index (χ4v) is 1.27. The Kier molecular flexibility index (Phi) is 6.52. The highest BCUT2D eigenvalue weighted by Crippen LogP contribution is 1.92. The second kappa shape index (κ2) is 8.46. The molecule has 2 N–H and O–H groups in total. The van der Waals surface area contributed by atoms with Crippen molar-refractivity contribution >= 4 is 0 Å². The smallest absolute Gasteiger partial charge is 0.160 e. The lowest BCUT2D eigenvalue weighted by Crippen LogP contribution is -1.81. The molecule has 0 saturated heterocycles. The molecule has 106 valence electrons. The van der Waals surface area contributed by atoms with Gasteiger partial charge in [-0.25, -0.2) is 0 Å². The van der Waals surface area contributed by atoms with E-state index in [2.05, 4.69) is 40.8 Å². The zero-order valence-corrected chi connectivity index (χ0v) is 12.0. The fourth-order valence-electron chi connectivity index (χ4n) is 1.27. The molecule has 3 heterocycles. The number of hydrogen-bond acceptors (Lipinski definition) is 6. The van der Waals surface area contributed by atoms with Crippen LogP contribution >= 0.6 is 0 Å². The highest BCUT2D eigenvalue weighted by molar-refractivity contribution is 5.04. The minimum absolute atomic E-state index is 1.05. The number of H-pyrrole nitrogens is 2. The van der Waals surface area contributed by atoms with Gasteiger partial charge in [0.2, 0.25) is 0 Å². The van der Waals surface area contributed by atoms with Gasteiger partial charge >= 0.3 is 0 Å². The molecule has 0 radical (unpaired) electrons. The second-order valence-electron chi connectivity index (χ2n) is 4.08. The number of rotatable bonds is 0. The van der Waals surface area contributed by atoms with Crippen LogP contribution in [0.25, 0.3) is 0 Å².